The molecule has 2 heterocycles. The monoisotopic (exact) mass is 292 g/mol. The predicted octanol–water partition coefficient (Wildman–Crippen LogP) is 1.73. The van der Waals surface area contributed by atoms with E-state index in [1.54, 1.807) is 35.5 Å². The number of nitrogens with one attached hydrogen (secondary N) is 1. The van der Waals surface area contributed by atoms with Crippen LogP contribution in [0.3, 0.4) is 0 Å². The molecule has 0 unspecified atom stereocenters. The third-order valence-corrected chi connectivity index (χ3v) is 3.64. The van der Waals surface area contributed by atoms with Crippen molar-refractivity contribution in [2.24, 2.45) is 0 Å². The van der Waals surface area contributed by atoms with Gasteiger partial charge in [-0.05, 0) is 17.5 Å². The molecule has 2 rings (SSSR count). The number of aromatic nitrogens is 1. The zero-order valence-corrected chi connectivity index (χ0v) is 12.0. The second-order valence-corrected chi connectivity index (χ2v) is 5.26. The first-order valence-electron chi connectivity index (χ1n) is 6.20. The number of carbonyl (C=O) groups excluding carboxylic acids is 1. The Hall–Kier alpha value is -1.92. The Kier molecular flexibility index (Phi) is 5.09. The highest BCUT2D eigenvalue weighted by molar-refractivity contribution is 7.09. The second kappa shape index (κ2) is 7.02. The highest BCUT2D eigenvalue weighted by Crippen LogP contribution is 2.13. The van der Waals surface area contributed by atoms with Gasteiger partial charge in [0.25, 0.3) is 5.91 Å². The van der Waals surface area contributed by atoms with Crippen molar-refractivity contribution in [1.29, 1.82) is 0 Å². The molecule has 106 valence electrons. The van der Waals surface area contributed by atoms with Crippen LogP contribution >= 0.6 is 11.3 Å². The van der Waals surface area contributed by atoms with Crippen molar-refractivity contribution in [2.75, 3.05) is 20.3 Å². The summed E-state index contributed by atoms with van der Waals surface area (Å²) in [5.74, 6) is -0.201. The van der Waals surface area contributed by atoms with Crippen molar-refractivity contribution < 1.29 is 9.53 Å². The van der Waals surface area contributed by atoms with E-state index in [0.29, 0.717) is 25.4 Å². The number of H-pyrrole nitrogens is 1. The van der Waals surface area contributed by atoms with Gasteiger partial charge in [0.1, 0.15) is 5.69 Å². The molecular weight excluding hydrogens is 276 g/mol. The lowest BCUT2D eigenvalue weighted by Gasteiger charge is -2.21. The van der Waals surface area contributed by atoms with E-state index in [1.165, 1.54) is 6.07 Å². The normalized spacial score (nSPS) is 10.4. The van der Waals surface area contributed by atoms with Crippen LogP contribution in [0.25, 0.3) is 0 Å². The van der Waals surface area contributed by atoms with Gasteiger partial charge in [0.05, 0.1) is 13.2 Å². The summed E-state index contributed by atoms with van der Waals surface area (Å²) < 4.78 is 5.04. The number of aromatic amines is 1. The van der Waals surface area contributed by atoms with Gasteiger partial charge in [-0.15, -0.1) is 11.3 Å². The molecule has 0 bridgehead atoms. The van der Waals surface area contributed by atoms with Crippen LogP contribution < -0.4 is 5.56 Å². The first-order valence-corrected chi connectivity index (χ1v) is 7.08. The summed E-state index contributed by atoms with van der Waals surface area (Å²) in [6, 6.07) is 8.49. The molecule has 0 radical (unpaired) electrons. The maximum atomic E-state index is 12.4. The molecule has 2 aromatic heterocycles. The topological polar surface area (TPSA) is 62.4 Å². The maximum absolute atomic E-state index is 12.4. The first kappa shape index (κ1) is 14.5. The molecular formula is C14H16N2O3S. The molecule has 0 saturated heterocycles. The zero-order valence-electron chi connectivity index (χ0n) is 11.2. The van der Waals surface area contributed by atoms with Crippen molar-refractivity contribution in [1.82, 2.24) is 9.88 Å². The Labute approximate surface area is 120 Å². The number of ether oxygens (including phenoxy) is 1. The molecule has 0 aromatic carbocycles. The summed E-state index contributed by atoms with van der Waals surface area (Å²) >= 11 is 1.59. The highest BCUT2D eigenvalue weighted by Gasteiger charge is 2.17. The average Bonchev–Trinajstić information content (AvgIpc) is 2.95. The number of pyridine rings is 1. The summed E-state index contributed by atoms with van der Waals surface area (Å²) in [5.41, 5.74) is 0.0174. The van der Waals surface area contributed by atoms with Gasteiger partial charge in [-0.3, -0.25) is 9.59 Å². The van der Waals surface area contributed by atoms with Gasteiger partial charge in [0.2, 0.25) is 5.56 Å². The molecule has 6 heteroatoms. The van der Waals surface area contributed by atoms with Crippen LogP contribution in [-0.4, -0.2) is 36.1 Å². The Morgan fingerprint density at radius 3 is 2.85 bits per heavy atom. The van der Waals surface area contributed by atoms with Crippen LogP contribution in [0.4, 0.5) is 0 Å². The Bertz CT molecular complexity index is 607. The van der Waals surface area contributed by atoms with Gasteiger partial charge >= 0.3 is 0 Å². The number of methoxy groups -OCH3 is 1. The molecule has 0 aliphatic rings. The fraction of sp³-hybridized carbons (Fsp3) is 0.286. The average molecular weight is 292 g/mol. The van der Waals surface area contributed by atoms with Crippen molar-refractivity contribution in [3.8, 4) is 0 Å². The van der Waals surface area contributed by atoms with Gasteiger partial charge in [-0.25, -0.2) is 0 Å². The summed E-state index contributed by atoms with van der Waals surface area (Å²) in [7, 11) is 1.60. The minimum Gasteiger partial charge on any atom is -0.383 e. The quantitative estimate of drug-likeness (QED) is 0.882. The first-order chi connectivity index (χ1) is 9.70. The van der Waals surface area contributed by atoms with Crippen LogP contribution in [0.1, 0.15) is 15.4 Å². The molecule has 1 amide bonds. The molecule has 0 atom stereocenters. The van der Waals surface area contributed by atoms with E-state index in [-0.39, 0.29) is 11.5 Å². The number of hydrogen-bond acceptors (Lipinski definition) is 4. The van der Waals surface area contributed by atoms with E-state index in [0.717, 1.165) is 4.88 Å². The standard InChI is InChI=1S/C14H16N2O3S/c1-19-8-7-16(10-11-4-3-9-20-11)14(18)12-5-2-6-13(17)15-12/h2-6,9H,7-8,10H2,1H3,(H,15,17). The van der Waals surface area contributed by atoms with Crippen molar-refractivity contribution in [3.63, 3.8) is 0 Å². The van der Waals surface area contributed by atoms with Gasteiger partial charge in [-0.1, -0.05) is 12.1 Å². The summed E-state index contributed by atoms with van der Waals surface area (Å²) in [6.07, 6.45) is 0. The smallest absolute Gasteiger partial charge is 0.270 e. The number of hydrogen-bond donors (Lipinski definition) is 1. The zero-order chi connectivity index (χ0) is 14.4. The third-order valence-electron chi connectivity index (χ3n) is 2.78. The minimum atomic E-state index is -0.279. The lowest BCUT2D eigenvalue weighted by molar-refractivity contribution is 0.0676. The van der Waals surface area contributed by atoms with E-state index in [1.807, 2.05) is 17.5 Å². The molecule has 0 spiro atoms. The van der Waals surface area contributed by atoms with Crippen LogP contribution in [0.2, 0.25) is 0 Å². The van der Waals surface area contributed by atoms with Gasteiger partial charge in [0, 0.05) is 24.6 Å². The highest BCUT2D eigenvalue weighted by atomic mass is 32.1. The van der Waals surface area contributed by atoms with Crippen LogP contribution in [0.5, 0.6) is 0 Å². The van der Waals surface area contributed by atoms with Crippen LogP contribution in [0.15, 0.2) is 40.5 Å². The fourth-order valence-electron chi connectivity index (χ4n) is 1.79. The summed E-state index contributed by atoms with van der Waals surface area (Å²) in [6.45, 7) is 1.44. The molecule has 1 N–H and O–H groups in total. The van der Waals surface area contributed by atoms with E-state index in [4.69, 9.17) is 4.74 Å². The number of carbonyl (C=O) groups is 1. The van der Waals surface area contributed by atoms with E-state index in [2.05, 4.69) is 4.98 Å². The van der Waals surface area contributed by atoms with Crippen molar-refractivity contribution in [3.05, 3.63) is 56.6 Å². The molecule has 5 nitrogen and oxygen atoms in total. The van der Waals surface area contributed by atoms with Crippen molar-refractivity contribution in [2.45, 2.75) is 6.54 Å². The van der Waals surface area contributed by atoms with Gasteiger partial charge in [0.15, 0.2) is 0 Å². The van der Waals surface area contributed by atoms with Gasteiger partial charge in [-0.2, -0.15) is 0 Å². The Morgan fingerprint density at radius 2 is 2.20 bits per heavy atom. The number of rotatable bonds is 6. The largest absolute Gasteiger partial charge is 0.383 e. The van der Waals surface area contributed by atoms with Gasteiger partial charge < -0.3 is 14.6 Å². The molecule has 0 saturated carbocycles. The number of nitrogens with zero attached hydrogens (tertiary/aromatic N) is 1. The van der Waals surface area contributed by atoms with E-state index >= 15 is 0 Å². The lowest BCUT2D eigenvalue weighted by atomic mass is 10.3. The molecule has 0 fully saturated rings. The van der Waals surface area contributed by atoms with Crippen LogP contribution in [-0.2, 0) is 11.3 Å². The Balaban J connectivity index is 2.16. The second-order valence-electron chi connectivity index (χ2n) is 4.23. The third kappa shape index (κ3) is 3.79. The van der Waals surface area contributed by atoms with Crippen molar-refractivity contribution >= 4 is 17.2 Å². The molecule has 2 aromatic rings. The predicted molar refractivity (Wildman–Crippen MR) is 78.0 cm³/mol. The lowest BCUT2D eigenvalue weighted by Crippen LogP contribution is -2.34. The van der Waals surface area contributed by atoms with Crippen LogP contribution in [0, 0.1) is 0 Å². The molecule has 0 aliphatic carbocycles. The SMILES string of the molecule is COCCN(Cc1cccs1)C(=O)c1cccc(=O)[nH]1. The Morgan fingerprint density at radius 1 is 1.35 bits per heavy atom. The molecule has 20 heavy (non-hydrogen) atoms. The molecule has 0 aliphatic heterocycles. The number of thiophene rings is 1. The van der Waals surface area contributed by atoms with E-state index < -0.39 is 0 Å². The number of amides is 1. The summed E-state index contributed by atoms with van der Waals surface area (Å²) in [5, 5.41) is 1.97. The fourth-order valence-corrected chi connectivity index (χ4v) is 2.51. The maximum Gasteiger partial charge on any atom is 0.270 e. The summed E-state index contributed by atoms with van der Waals surface area (Å²) in [4.78, 5) is 29.1. The minimum absolute atomic E-state index is 0.201. The van der Waals surface area contributed by atoms with E-state index in [9.17, 15) is 9.59 Å².